The molecule has 1 fully saturated rings. The van der Waals surface area contributed by atoms with E-state index in [4.69, 9.17) is 0 Å². The lowest BCUT2D eigenvalue weighted by Crippen LogP contribution is -2.48. The molecule has 1 aliphatic rings. The van der Waals surface area contributed by atoms with Gasteiger partial charge >= 0.3 is 0 Å². The van der Waals surface area contributed by atoms with Crippen LogP contribution in [0.25, 0.3) is 6.08 Å². The number of thiophene rings is 1. The Balaban J connectivity index is 1.30. The van der Waals surface area contributed by atoms with Gasteiger partial charge in [0.25, 0.3) is 0 Å². The Bertz CT molecular complexity index is 919. The first-order valence-electron chi connectivity index (χ1n) is 9.04. The van der Waals surface area contributed by atoms with Crippen molar-refractivity contribution in [1.29, 1.82) is 0 Å². The van der Waals surface area contributed by atoms with Gasteiger partial charge in [-0.1, -0.05) is 6.07 Å². The molecule has 0 aromatic carbocycles. The minimum Gasteiger partial charge on any atom is -0.352 e. The first-order chi connectivity index (χ1) is 13.8. The number of hydrogen-bond donors (Lipinski definition) is 1. The number of rotatable bonds is 5. The Labute approximate surface area is 167 Å². The molecule has 1 amide bonds. The fourth-order valence-electron chi connectivity index (χ4n) is 2.95. The van der Waals surface area contributed by atoms with Crippen molar-refractivity contribution >= 4 is 40.6 Å². The summed E-state index contributed by atoms with van der Waals surface area (Å²) < 4.78 is 0. The van der Waals surface area contributed by atoms with E-state index in [-0.39, 0.29) is 5.91 Å². The molecule has 0 radical (unpaired) electrons. The number of amides is 1. The molecule has 0 saturated carbocycles. The van der Waals surface area contributed by atoms with Crippen LogP contribution in [0.4, 0.5) is 17.3 Å². The molecule has 1 aliphatic heterocycles. The number of hydrogen-bond acceptors (Lipinski definition) is 7. The normalized spacial score (nSPS) is 14.4. The van der Waals surface area contributed by atoms with Crippen LogP contribution in [0.3, 0.4) is 0 Å². The molecule has 4 heterocycles. The summed E-state index contributed by atoms with van der Waals surface area (Å²) >= 11 is 1.62. The van der Waals surface area contributed by atoms with Gasteiger partial charge in [-0.05, 0) is 41.8 Å². The van der Waals surface area contributed by atoms with Crippen molar-refractivity contribution < 1.29 is 4.79 Å². The van der Waals surface area contributed by atoms with Crippen molar-refractivity contribution in [3.63, 3.8) is 0 Å². The minimum atomic E-state index is 0.0511. The van der Waals surface area contributed by atoms with Gasteiger partial charge in [0.15, 0.2) is 11.6 Å². The third kappa shape index (κ3) is 4.52. The summed E-state index contributed by atoms with van der Waals surface area (Å²) in [6, 6.07) is 11.6. The standard InChI is InChI=1S/C20H20N6OS/c27-20(8-5-17-4-2-14-28-17)26-12-10-25(11-13-26)19-7-6-18(23-24-19)22-16-3-1-9-21-15-16/h1-9,14-15H,10-13H2,(H,22,23)/b8-5+. The molecule has 1 N–H and O–H groups in total. The summed E-state index contributed by atoms with van der Waals surface area (Å²) in [5, 5.41) is 13.7. The average molecular weight is 392 g/mol. The third-order valence-electron chi connectivity index (χ3n) is 4.43. The van der Waals surface area contributed by atoms with Crippen LogP contribution in [0.2, 0.25) is 0 Å². The van der Waals surface area contributed by atoms with Gasteiger partial charge in [-0.15, -0.1) is 21.5 Å². The van der Waals surface area contributed by atoms with Crippen molar-refractivity contribution in [1.82, 2.24) is 20.1 Å². The van der Waals surface area contributed by atoms with Crippen LogP contribution >= 0.6 is 11.3 Å². The van der Waals surface area contributed by atoms with E-state index in [1.54, 1.807) is 29.8 Å². The predicted octanol–water partition coefficient (Wildman–Crippen LogP) is 3.04. The summed E-state index contributed by atoms with van der Waals surface area (Å²) in [7, 11) is 0. The van der Waals surface area contributed by atoms with Gasteiger partial charge < -0.3 is 15.1 Å². The minimum absolute atomic E-state index is 0.0511. The smallest absolute Gasteiger partial charge is 0.246 e. The zero-order valence-electron chi connectivity index (χ0n) is 15.2. The third-order valence-corrected chi connectivity index (χ3v) is 5.27. The van der Waals surface area contributed by atoms with Crippen molar-refractivity contribution in [3.8, 4) is 0 Å². The van der Waals surface area contributed by atoms with Crippen LogP contribution < -0.4 is 10.2 Å². The zero-order valence-corrected chi connectivity index (χ0v) is 16.0. The Morgan fingerprint density at radius 3 is 2.64 bits per heavy atom. The zero-order chi connectivity index (χ0) is 19.2. The van der Waals surface area contributed by atoms with Gasteiger partial charge in [-0.2, -0.15) is 0 Å². The van der Waals surface area contributed by atoms with E-state index >= 15 is 0 Å². The molecule has 28 heavy (non-hydrogen) atoms. The predicted molar refractivity (Wildman–Crippen MR) is 112 cm³/mol. The second kappa shape index (κ2) is 8.62. The Morgan fingerprint density at radius 2 is 1.96 bits per heavy atom. The first kappa shape index (κ1) is 18.1. The second-order valence-corrected chi connectivity index (χ2v) is 7.28. The van der Waals surface area contributed by atoms with Gasteiger partial charge in [0.2, 0.25) is 5.91 Å². The molecule has 3 aromatic rings. The highest BCUT2D eigenvalue weighted by atomic mass is 32.1. The lowest BCUT2D eigenvalue weighted by atomic mass is 10.3. The van der Waals surface area contributed by atoms with Gasteiger partial charge in [0.1, 0.15) is 0 Å². The van der Waals surface area contributed by atoms with E-state index in [0.717, 1.165) is 29.5 Å². The molecule has 142 valence electrons. The highest BCUT2D eigenvalue weighted by molar-refractivity contribution is 7.10. The summed E-state index contributed by atoms with van der Waals surface area (Å²) in [5.74, 6) is 1.54. The number of aromatic nitrogens is 3. The Morgan fingerprint density at radius 1 is 1.07 bits per heavy atom. The van der Waals surface area contributed by atoms with E-state index < -0.39 is 0 Å². The van der Waals surface area contributed by atoms with Crippen molar-refractivity contribution in [2.24, 2.45) is 0 Å². The van der Waals surface area contributed by atoms with Crippen LogP contribution in [0.5, 0.6) is 0 Å². The fourth-order valence-corrected chi connectivity index (χ4v) is 3.56. The van der Waals surface area contributed by atoms with Gasteiger partial charge in [-0.3, -0.25) is 9.78 Å². The van der Waals surface area contributed by atoms with E-state index in [2.05, 4.69) is 25.4 Å². The van der Waals surface area contributed by atoms with E-state index in [1.807, 2.05) is 52.8 Å². The van der Waals surface area contributed by atoms with Crippen LogP contribution in [0.15, 0.2) is 60.2 Å². The van der Waals surface area contributed by atoms with Crippen molar-refractivity contribution in [3.05, 3.63) is 65.1 Å². The van der Waals surface area contributed by atoms with Crippen molar-refractivity contribution in [2.75, 3.05) is 36.4 Å². The Kier molecular flexibility index (Phi) is 5.58. The SMILES string of the molecule is O=C(/C=C/c1cccs1)N1CCN(c2ccc(Nc3cccnc3)nn2)CC1. The van der Waals surface area contributed by atoms with Crippen LogP contribution in [-0.4, -0.2) is 52.2 Å². The molecular weight excluding hydrogens is 372 g/mol. The summed E-state index contributed by atoms with van der Waals surface area (Å²) in [6.45, 7) is 2.82. The summed E-state index contributed by atoms with van der Waals surface area (Å²) in [5.41, 5.74) is 0.868. The highest BCUT2D eigenvalue weighted by Crippen LogP contribution is 2.17. The molecule has 3 aromatic heterocycles. The molecule has 8 heteroatoms. The number of nitrogens with one attached hydrogen (secondary N) is 1. The van der Waals surface area contributed by atoms with E-state index in [9.17, 15) is 4.79 Å². The van der Waals surface area contributed by atoms with Crippen LogP contribution in [-0.2, 0) is 4.79 Å². The molecule has 0 atom stereocenters. The van der Waals surface area contributed by atoms with Crippen molar-refractivity contribution in [2.45, 2.75) is 0 Å². The largest absolute Gasteiger partial charge is 0.352 e. The molecule has 1 saturated heterocycles. The number of carbonyl (C=O) groups is 1. The van der Waals surface area contributed by atoms with E-state index in [0.29, 0.717) is 18.9 Å². The molecule has 0 aliphatic carbocycles. The number of pyridine rings is 1. The average Bonchev–Trinajstić information content (AvgIpc) is 3.27. The highest BCUT2D eigenvalue weighted by Gasteiger charge is 2.20. The first-order valence-corrected chi connectivity index (χ1v) is 9.92. The number of piperazine rings is 1. The van der Waals surface area contributed by atoms with Gasteiger partial charge in [0.05, 0.1) is 11.9 Å². The lowest BCUT2D eigenvalue weighted by molar-refractivity contribution is -0.126. The summed E-state index contributed by atoms with van der Waals surface area (Å²) in [4.78, 5) is 21.5. The maximum Gasteiger partial charge on any atom is 0.246 e. The van der Waals surface area contributed by atoms with Crippen LogP contribution in [0, 0.1) is 0 Å². The molecule has 0 unspecified atom stereocenters. The topological polar surface area (TPSA) is 74.2 Å². The van der Waals surface area contributed by atoms with E-state index in [1.165, 1.54) is 0 Å². The quantitative estimate of drug-likeness (QED) is 0.673. The second-order valence-electron chi connectivity index (χ2n) is 6.30. The summed E-state index contributed by atoms with van der Waals surface area (Å²) in [6.07, 6.45) is 6.99. The lowest BCUT2D eigenvalue weighted by Gasteiger charge is -2.34. The van der Waals surface area contributed by atoms with Gasteiger partial charge in [-0.25, -0.2) is 0 Å². The molecule has 0 bridgehead atoms. The fraction of sp³-hybridized carbons (Fsp3) is 0.200. The molecule has 4 rings (SSSR count). The maximum atomic E-state index is 12.3. The number of nitrogens with zero attached hydrogens (tertiary/aromatic N) is 5. The number of carbonyl (C=O) groups excluding carboxylic acids is 1. The molecule has 0 spiro atoms. The number of anilines is 3. The maximum absolute atomic E-state index is 12.3. The molecule has 7 nitrogen and oxygen atoms in total. The monoisotopic (exact) mass is 392 g/mol. The van der Waals surface area contributed by atoms with Crippen LogP contribution in [0.1, 0.15) is 4.88 Å². The van der Waals surface area contributed by atoms with Gasteiger partial charge in [0, 0.05) is 43.3 Å². The molecular formula is C20H20N6OS. The Hall–Kier alpha value is -3.26.